The van der Waals surface area contributed by atoms with Gasteiger partial charge in [-0.15, -0.1) is 0 Å². The van der Waals surface area contributed by atoms with Crippen LogP contribution in [-0.4, -0.2) is 5.51 Å². The zero-order valence-corrected chi connectivity index (χ0v) is 3.81. The third-order valence-electron chi connectivity index (χ3n) is 0.161. The third kappa shape index (κ3) is 5.63. The summed E-state index contributed by atoms with van der Waals surface area (Å²) in [6.45, 7) is 0. The van der Waals surface area contributed by atoms with Crippen molar-refractivity contribution >= 4 is 11.8 Å². The van der Waals surface area contributed by atoms with E-state index >= 15 is 0 Å². The van der Waals surface area contributed by atoms with Gasteiger partial charge in [0.1, 0.15) is 5.40 Å². The van der Waals surface area contributed by atoms with Crippen molar-refractivity contribution in [2.45, 2.75) is 5.51 Å². The molecule has 0 fully saturated rings. The highest BCUT2D eigenvalue weighted by Crippen LogP contribution is 2.28. The number of halogens is 3. The molecule has 0 aromatic heterocycles. The Kier molecular flexibility index (Phi) is 1.96. The maximum absolute atomic E-state index is 10.8. The van der Waals surface area contributed by atoms with Crippen molar-refractivity contribution in [3.8, 4) is 5.40 Å². The quantitative estimate of drug-likeness (QED) is 0.462. The summed E-state index contributed by atoms with van der Waals surface area (Å²) in [4.78, 5) is 0. The number of hydrogen-bond acceptors (Lipinski definition) is 2. The molecule has 0 unspecified atom stereocenters. The van der Waals surface area contributed by atoms with Gasteiger partial charge >= 0.3 is 5.51 Å². The fourth-order valence-corrected chi connectivity index (χ4v) is 0.155. The minimum atomic E-state index is -4.39. The first kappa shape index (κ1) is 6.63. The lowest BCUT2D eigenvalue weighted by Gasteiger charge is -1.93. The molecular weight excluding hydrogens is 127 g/mol. The van der Waals surface area contributed by atoms with Crippen molar-refractivity contribution in [3.63, 3.8) is 0 Å². The second-order valence-corrected chi connectivity index (χ2v) is 1.49. The van der Waals surface area contributed by atoms with Gasteiger partial charge in [0.05, 0.1) is 11.8 Å². The van der Waals surface area contributed by atoms with Gasteiger partial charge in [0.2, 0.25) is 0 Å². The Morgan fingerprint density at radius 3 is 1.86 bits per heavy atom. The van der Waals surface area contributed by atoms with E-state index in [2.05, 4.69) is 0 Å². The summed E-state index contributed by atoms with van der Waals surface area (Å²) in [5.74, 6) is 0. The lowest BCUT2D eigenvalue weighted by atomic mass is 11.6. The van der Waals surface area contributed by atoms with Crippen molar-refractivity contribution in [1.29, 1.82) is 5.26 Å². The Bertz CT molecular complexity index is 90.1. The van der Waals surface area contributed by atoms with Crippen LogP contribution in [0.1, 0.15) is 0 Å². The Morgan fingerprint density at radius 2 is 1.86 bits per heavy atom. The molecule has 40 valence electrons. The van der Waals surface area contributed by atoms with Gasteiger partial charge in [-0.05, 0) is 0 Å². The van der Waals surface area contributed by atoms with Gasteiger partial charge in [-0.1, -0.05) is 0 Å². The normalized spacial score (nSPS) is 10.6. The molecule has 0 aliphatic rings. The summed E-state index contributed by atoms with van der Waals surface area (Å²) in [6, 6.07) is 0. The Balaban J connectivity index is 3.40. The van der Waals surface area contributed by atoms with Crippen LogP contribution in [0.5, 0.6) is 0 Å². The molecule has 0 amide bonds. The van der Waals surface area contributed by atoms with Crippen LogP contribution in [0.25, 0.3) is 0 Å². The maximum atomic E-state index is 10.8. The SMILES string of the molecule is N#CSC(F)(F)F. The highest BCUT2D eigenvalue weighted by atomic mass is 32.2. The second kappa shape index (κ2) is 2.07. The molecule has 0 spiro atoms. The molecule has 0 saturated carbocycles. The fourth-order valence-electron chi connectivity index (χ4n) is 0.0518. The van der Waals surface area contributed by atoms with E-state index in [0.29, 0.717) is 0 Å². The predicted molar refractivity (Wildman–Crippen MR) is 19.3 cm³/mol. The van der Waals surface area contributed by atoms with Crippen LogP contribution in [0.2, 0.25) is 0 Å². The van der Waals surface area contributed by atoms with Crippen molar-refractivity contribution in [3.05, 3.63) is 0 Å². The summed E-state index contributed by atoms with van der Waals surface area (Å²) < 4.78 is 32.4. The summed E-state index contributed by atoms with van der Waals surface area (Å²) in [6.07, 6.45) is 0. The van der Waals surface area contributed by atoms with E-state index in [9.17, 15) is 13.2 Å². The van der Waals surface area contributed by atoms with Gasteiger partial charge in [0, 0.05) is 0 Å². The highest BCUT2D eigenvalue weighted by molar-refractivity contribution is 8.04. The summed E-state index contributed by atoms with van der Waals surface area (Å²) in [7, 11) is 0. The van der Waals surface area contributed by atoms with Gasteiger partial charge in [-0.2, -0.15) is 18.4 Å². The predicted octanol–water partition coefficient (Wildman–Crippen LogP) is 1.72. The Hall–Kier alpha value is -0.370. The van der Waals surface area contributed by atoms with Crippen LogP contribution in [0.3, 0.4) is 0 Å². The van der Waals surface area contributed by atoms with Crippen molar-refractivity contribution in [2.24, 2.45) is 0 Å². The molecule has 0 heterocycles. The van der Waals surface area contributed by atoms with E-state index in [-0.39, 0.29) is 0 Å². The lowest BCUT2D eigenvalue weighted by Crippen LogP contribution is -1.96. The van der Waals surface area contributed by atoms with E-state index in [4.69, 9.17) is 5.26 Å². The second-order valence-electron chi connectivity index (χ2n) is 0.639. The monoisotopic (exact) mass is 127 g/mol. The molecule has 0 atom stereocenters. The molecule has 0 aliphatic heterocycles. The van der Waals surface area contributed by atoms with Gasteiger partial charge in [-0.25, -0.2) is 0 Å². The van der Waals surface area contributed by atoms with Crippen molar-refractivity contribution < 1.29 is 13.2 Å². The molecule has 0 aliphatic carbocycles. The molecule has 0 aromatic rings. The van der Waals surface area contributed by atoms with Crippen LogP contribution >= 0.6 is 11.8 Å². The van der Waals surface area contributed by atoms with Gasteiger partial charge < -0.3 is 0 Å². The van der Waals surface area contributed by atoms with E-state index in [1.165, 1.54) is 0 Å². The molecule has 0 N–H and O–H groups in total. The molecular formula is C2F3NS. The van der Waals surface area contributed by atoms with Gasteiger partial charge in [0.15, 0.2) is 0 Å². The summed E-state index contributed by atoms with van der Waals surface area (Å²) in [5, 5.41) is 8.29. The molecule has 0 radical (unpaired) electrons. The zero-order valence-electron chi connectivity index (χ0n) is 2.99. The van der Waals surface area contributed by atoms with Crippen LogP contribution in [0, 0.1) is 10.7 Å². The Morgan fingerprint density at radius 1 is 1.43 bits per heavy atom. The number of hydrogen-bond donors (Lipinski definition) is 0. The number of alkyl halides is 3. The summed E-state index contributed by atoms with van der Waals surface area (Å²) in [5.41, 5.74) is -4.39. The standard InChI is InChI=1S/C2F3NS/c3-2(4,5)7-1-6. The van der Waals surface area contributed by atoms with E-state index < -0.39 is 17.3 Å². The fraction of sp³-hybridized carbons (Fsp3) is 0.500. The summed E-state index contributed by atoms with van der Waals surface area (Å²) >= 11 is -0.706. The van der Waals surface area contributed by atoms with Gasteiger partial charge in [-0.3, -0.25) is 0 Å². The molecule has 0 saturated heterocycles. The maximum Gasteiger partial charge on any atom is 0.455 e. The smallest absolute Gasteiger partial charge is 0.185 e. The van der Waals surface area contributed by atoms with Crippen molar-refractivity contribution in [1.82, 2.24) is 0 Å². The van der Waals surface area contributed by atoms with Crippen LogP contribution in [-0.2, 0) is 0 Å². The zero-order chi connectivity index (χ0) is 5.91. The number of nitriles is 1. The average molecular weight is 127 g/mol. The molecule has 1 nitrogen and oxygen atoms in total. The number of thiocyanates is 1. The topological polar surface area (TPSA) is 23.8 Å². The first-order valence-electron chi connectivity index (χ1n) is 1.20. The van der Waals surface area contributed by atoms with Crippen LogP contribution < -0.4 is 0 Å². The number of nitrogens with zero attached hydrogens (tertiary/aromatic N) is 1. The highest BCUT2D eigenvalue weighted by Gasteiger charge is 2.28. The average Bonchev–Trinajstić information content (AvgIpc) is 1.30. The first-order chi connectivity index (χ1) is 3.06. The third-order valence-corrected chi connectivity index (χ3v) is 0.484. The molecule has 0 rings (SSSR count). The molecule has 5 heteroatoms. The number of thioether (sulfide) groups is 1. The minimum absolute atomic E-state index is 0.706. The molecule has 0 aromatic carbocycles. The van der Waals surface area contributed by atoms with Crippen LogP contribution in [0.15, 0.2) is 0 Å². The van der Waals surface area contributed by atoms with E-state index in [1.54, 1.807) is 0 Å². The van der Waals surface area contributed by atoms with Crippen molar-refractivity contribution in [2.75, 3.05) is 0 Å². The van der Waals surface area contributed by atoms with E-state index in [0.717, 1.165) is 5.40 Å². The Labute approximate surface area is 42.1 Å². The molecule has 7 heavy (non-hydrogen) atoms. The lowest BCUT2D eigenvalue weighted by molar-refractivity contribution is -0.0318. The van der Waals surface area contributed by atoms with E-state index in [1.807, 2.05) is 0 Å². The van der Waals surface area contributed by atoms with Gasteiger partial charge in [0.25, 0.3) is 0 Å². The largest absolute Gasteiger partial charge is 0.455 e. The van der Waals surface area contributed by atoms with Crippen LogP contribution in [0.4, 0.5) is 13.2 Å². The first-order valence-corrected chi connectivity index (χ1v) is 2.02. The molecule has 0 bridgehead atoms. The number of rotatable bonds is 0. The minimum Gasteiger partial charge on any atom is -0.185 e.